The van der Waals surface area contributed by atoms with E-state index in [0.717, 1.165) is 25.7 Å². The zero-order chi connectivity index (χ0) is 9.26. The molecule has 0 saturated heterocycles. The third kappa shape index (κ3) is 1.43. The van der Waals surface area contributed by atoms with Gasteiger partial charge in [0, 0.05) is 5.92 Å². The molecule has 13 heavy (non-hydrogen) atoms. The standard InChI is InChI=1S/C9H13N3O/c10-9-7(5-11-12-9)8(13)6-3-1-2-4-6/h5-6H,1-4H2,(H3,10,11,12). The highest BCUT2D eigenvalue weighted by Crippen LogP contribution is 2.28. The monoisotopic (exact) mass is 179 g/mol. The van der Waals surface area contributed by atoms with Gasteiger partial charge in [0.25, 0.3) is 0 Å². The van der Waals surface area contributed by atoms with Gasteiger partial charge in [-0.2, -0.15) is 5.10 Å². The van der Waals surface area contributed by atoms with Gasteiger partial charge in [0.05, 0.1) is 11.8 Å². The Morgan fingerprint density at radius 3 is 2.77 bits per heavy atom. The van der Waals surface area contributed by atoms with Crippen LogP contribution >= 0.6 is 0 Å². The van der Waals surface area contributed by atoms with E-state index in [1.165, 1.54) is 6.20 Å². The van der Waals surface area contributed by atoms with E-state index in [2.05, 4.69) is 10.2 Å². The maximum absolute atomic E-state index is 11.8. The van der Waals surface area contributed by atoms with Crippen molar-refractivity contribution < 1.29 is 4.79 Å². The molecule has 1 aromatic rings. The molecule has 4 heteroatoms. The molecule has 0 atom stereocenters. The molecule has 1 saturated carbocycles. The maximum Gasteiger partial charge on any atom is 0.171 e. The van der Waals surface area contributed by atoms with E-state index in [0.29, 0.717) is 11.4 Å². The SMILES string of the molecule is Nc1[nH]ncc1C(=O)C1CCCC1. The number of Topliss-reactive ketones (excluding diaryl/α,β-unsaturated/α-hetero) is 1. The van der Waals surface area contributed by atoms with Gasteiger partial charge in [-0.25, -0.2) is 0 Å². The van der Waals surface area contributed by atoms with E-state index < -0.39 is 0 Å². The van der Waals surface area contributed by atoms with E-state index in [-0.39, 0.29) is 11.7 Å². The van der Waals surface area contributed by atoms with Crippen LogP contribution in [0.1, 0.15) is 36.0 Å². The summed E-state index contributed by atoms with van der Waals surface area (Å²) < 4.78 is 0. The van der Waals surface area contributed by atoms with Crippen molar-refractivity contribution in [3.63, 3.8) is 0 Å². The maximum atomic E-state index is 11.8. The minimum atomic E-state index is 0.156. The van der Waals surface area contributed by atoms with Crippen molar-refractivity contribution in [2.24, 2.45) is 5.92 Å². The molecule has 0 amide bonds. The summed E-state index contributed by atoms with van der Waals surface area (Å²) in [4.78, 5) is 11.8. The summed E-state index contributed by atoms with van der Waals surface area (Å²) in [5.74, 6) is 0.737. The second-order valence-corrected chi connectivity index (χ2v) is 3.54. The fraction of sp³-hybridized carbons (Fsp3) is 0.556. The van der Waals surface area contributed by atoms with Crippen molar-refractivity contribution in [3.05, 3.63) is 11.8 Å². The predicted octanol–water partition coefficient (Wildman–Crippen LogP) is 1.36. The lowest BCUT2D eigenvalue weighted by atomic mass is 9.98. The molecule has 0 bridgehead atoms. The van der Waals surface area contributed by atoms with Crippen LogP contribution in [0.4, 0.5) is 5.82 Å². The molecule has 1 aliphatic rings. The fourth-order valence-electron chi connectivity index (χ4n) is 1.90. The Kier molecular flexibility index (Phi) is 2.04. The van der Waals surface area contributed by atoms with Gasteiger partial charge in [0.2, 0.25) is 0 Å². The lowest BCUT2D eigenvalue weighted by molar-refractivity contribution is 0.0924. The number of carbonyl (C=O) groups is 1. The van der Waals surface area contributed by atoms with Crippen LogP contribution in [-0.2, 0) is 0 Å². The lowest BCUT2D eigenvalue weighted by Gasteiger charge is -2.05. The van der Waals surface area contributed by atoms with Crippen molar-refractivity contribution in [1.82, 2.24) is 10.2 Å². The number of nitrogens with zero attached hydrogens (tertiary/aromatic N) is 1. The molecule has 0 radical (unpaired) electrons. The Morgan fingerprint density at radius 2 is 2.23 bits per heavy atom. The van der Waals surface area contributed by atoms with Crippen molar-refractivity contribution >= 4 is 11.6 Å². The molecule has 4 nitrogen and oxygen atoms in total. The highest BCUT2D eigenvalue weighted by molar-refractivity contribution is 6.01. The molecule has 1 aliphatic carbocycles. The molecule has 3 N–H and O–H groups in total. The molecule has 1 heterocycles. The Bertz CT molecular complexity index is 312. The molecular formula is C9H13N3O. The van der Waals surface area contributed by atoms with Gasteiger partial charge < -0.3 is 5.73 Å². The average molecular weight is 179 g/mol. The van der Waals surface area contributed by atoms with Crippen LogP contribution in [0, 0.1) is 5.92 Å². The number of ketones is 1. The van der Waals surface area contributed by atoms with E-state index in [9.17, 15) is 4.79 Å². The van der Waals surface area contributed by atoms with Crippen molar-refractivity contribution in [3.8, 4) is 0 Å². The Morgan fingerprint density at radius 1 is 1.54 bits per heavy atom. The Hall–Kier alpha value is -1.32. The number of rotatable bonds is 2. The quantitative estimate of drug-likeness (QED) is 0.673. The van der Waals surface area contributed by atoms with E-state index in [1.54, 1.807) is 0 Å². The van der Waals surface area contributed by atoms with E-state index >= 15 is 0 Å². The first kappa shape index (κ1) is 8.29. The molecule has 0 unspecified atom stereocenters. The Labute approximate surface area is 76.5 Å². The van der Waals surface area contributed by atoms with Gasteiger partial charge in [0.15, 0.2) is 5.78 Å². The zero-order valence-electron chi connectivity index (χ0n) is 7.42. The number of anilines is 1. The first-order valence-electron chi connectivity index (χ1n) is 4.62. The third-order valence-corrected chi connectivity index (χ3v) is 2.66. The van der Waals surface area contributed by atoms with Crippen molar-refractivity contribution in [2.45, 2.75) is 25.7 Å². The summed E-state index contributed by atoms with van der Waals surface area (Å²) in [6.07, 6.45) is 5.85. The highest BCUT2D eigenvalue weighted by atomic mass is 16.1. The number of nitrogen functional groups attached to an aromatic ring is 1. The van der Waals surface area contributed by atoms with Crippen LogP contribution in [0.2, 0.25) is 0 Å². The van der Waals surface area contributed by atoms with Crippen molar-refractivity contribution in [2.75, 3.05) is 5.73 Å². The first-order valence-corrected chi connectivity index (χ1v) is 4.62. The van der Waals surface area contributed by atoms with Gasteiger partial charge in [-0.05, 0) is 12.8 Å². The summed E-state index contributed by atoms with van der Waals surface area (Å²) in [6.45, 7) is 0. The molecule has 2 rings (SSSR count). The van der Waals surface area contributed by atoms with Crippen LogP contribution in [-0.4, -0.2) is 16.0 Å². The smallest absolute Gasteiger partial charge is 0.171 e. The van der Waals surface area contributed by atoms with E-state index in [4.69, 9.17) is 5.73 Å². The predicted molar refractivity (Wildman–Crippen MR) is 49.3 cm³/mol. The van der Waals surface area contributed by atoms with Gasteiger partial charge in [0.1, 0.15) is 5.82 Å². The van der Waals surface area contributed by atoms with Crippen LogP contribution in [0.25, 0.3) is 0 Å². The number of H-pyrrole nitrogens is 1. The van der Waals surface area contributed by atoms with Crippen LogP contribution in [0.3, 0.4) is 0 Å². The summed E-state index contributed by atoms with van der Waals surface area (Å²) in [7, 11) is 0. The molecule has 0 spiro atoms. The molecule has 0 aliphatic heterocycles. The van der Waals surface area contributed by atoms with Gasteiger partial charge in [-0.3, -0.25) is 9.89 Å². The Balaban J connectivity index is 2.17. The van der Waals surface area contributed by atoms with Crippen LogP contribution < -0.4 is 5.73 Å². The number of hydrogen-bond donors (Lipinski definition) is 2. The average Bonchev–Trinajstić information content (AvgIpc) is 2.72. The molecule has 0 aromatic carbocycles. The first-order chi connectivity index (χ1) is 6.29. The number of hydrogen-bond acceptors (Lipinski definition) is 3. The summed E-state index contributed by atoms with van der Waals surface area (Å²) in [5.41, 5.74) is 6.13. The number of carbonyl (C=O) groups excluding carboxylic acids is 1. The second kappa shape index (κ2) is 3.20. The van der Waals surface area contributed by atoms with Crippen molar-refractivity contribution in [1.29, 1.82) is 0 Å². The van der Waals surface area contributed by atoms with Gasteiger partial charge >= 0.3 is 0 Å². The third-order valence-electron chi connectivity index (χ3n) is 2.66. The number of aromatic nitrogens is 2. The normalized spacial score (nSPS) is 17.8. The van der Waals surface area contributed by atoms with Gasteiger partial charge in [-0.1, -0.05) is 12.8 Å². The largest absolute Gasteiger partial charge is 0.383 e. The lowest BCUT2D eigenvalue weighted by Crippen LogP contribution is -2.11. The van der Waals surface area contributed by atoms with E-state index in [1.807, 2.05) is 0 Å². The minimum Gasteiger partial charge on any atom is -0.383 e. The highest BCUT2D eigenvalue weighted by Gasteiger charge is 2.25. The summed E-state index contributed by atoms with van der Waals surface area (Å²) >= 11 is 0. The molecule has 1 fully saturated rings. The van der Waals surface area contributed by atoms with Crippen LogP contribution in [0.5, 0.6) is 0 Å². The molecule has 1 aromatic heterocycles. The number of nitrogens with one attached hydrogen (secondary N) is 1. The number of nitrogens with two attached hydrogens (primary N) is 1. The summed E-state index contributed by atoms with van der Waals surface area (Å²) in [6, 6.07) is 0. The minimum absolute atomic E-state index is 0.156. The topological polar surface area (TPSA) is 71.8 Å². The van der Waals surface area contributed by atoms with Gasteiger partial charge in [-0.15, -0.1) is 0 Å². The van der Waals surface area contributed by atoms with Crippen LogP contribution in [0.15, 0.2) is 6.20 Å². The molecule has 70 valence electrons. The zero-order valence-corrected chi connectivity index (χ0v) is 7.42. The second-order valence-electron chi connectivity index (χ2n) is 3.54. The molecular weight excluding hydrogens is 166 g/mol. The number of aromatic amines is 1. The fourth-order valence-corrected chi connectivity index (χ4v) is 1.90. The summed E-state index contributed by atoms with van der Waals surface area (Å²) in [5, 5.41) is 6.32.